The Balaban J connectivity index is 0.000000196. The number of benzene rings is 4. The maximum atomic E-state index is 9.00. The molecule has 4 aromatic carbocycles. The Kier molecular flexibility index (Phi) is 10.6. The Bertz CT molecular complexity index is 1960. The third-order valence-electron chi connectivity index (χ3n) is 8.81. The summed E-state index contributed by atoms with van der Waals surface area (Å²) in [5.74, 6) is -0.262. The van der Waals surface area contributed by atoms with Gasteiger partial charge in [-0.1, -0.05) is 111 Å². The molecule has 1 aliphatic carbocycles. The predicted molar refractivity (Wildman–Crippen MR) is 191 cm³/mol. The first-order valence-corrected chi connectivity index (χ1v) is 16.2. The smallest absolute Gasteiger partial charge is 0.0399 e. The van der Waals surface area contributed by atoms with E-state index in [1.165, 1.54) is 37.7 Å². The summed E-state index contributed by atoms with van der Waals surface area (Å²) in [5.41, 5.74) is 9.04. The first-order chi connectivity index (χ1) is 24.2. The van der Waals surface area contributed by atoms with Gasteiger partial charge >= 0.3 is 0 Å². The first-order valence-electron chi connectivity index (χ1n) is 18.2. The van der Waals surface area contributed by atoms with E-state index in [-0.39, 0.29) is 20.1 Å². The normalized spacial score (nSPS) is 15.7. The van der Waals surface area contributed by atoms with Crippen LogP contribution in [-0.4, -0.2) is 9.97 Å². The third kappa shape index (κ3) is 9.22. The van der Waals surface area contributed by atoms with E-state index >= 15 is 0 Å². The van der Waals surface area contributed by atoms with Gasteiger partial charge in [-0.05, 0) is 64.5 Å². The Morgan fingerprint density at radius 3 is 2.00 bits per heavy atom. The predicted octanol–water partition coefficient (Wildman–Crippen LogP) is 11.3. The van der Waals surface area contributed by atoms with Crippen molar-refractivity contribution in [2.45, 2.75) is 58.2 Å². The van der Waals surface area contributed by atoms with Gasteiger partial charge in [0.1, 0.15) is 0 Å². The van der Waals surface area contributed by atoms with Gasteiger partial charge in [0, 0.05) is 43.9 Å². The second-order valence-corrected chi connectivity index (χ2v) is 12.0. The van der Waals surface area contributed by atoms with Crippen molar-refractivity contribution in [1.82, 2.24) is 9.97 Å². The Morgan fingerprint density at radius 2 is 1.36 bits per heavy atom. The summed E-state index contributed by atoms with van der Waals surface area (Å²) in [6.45, 7) is -0.172. The third-order valence-corrected chi connectivity index (χ3v) is 8.81. The zero-order valence-corrected chi connectivity index (χ0v) is 29.1. The molecule has 239 valence electrons. The zero-order valence-electron chi connectivity index (χ0n) is 30.7. The molecule has 7 rings (SSSR count). The van der Waals surface area contributed by atoms with Crippen LogP contribution in [0.5, 0.6) is 0 Å². The van der Waals surface area contributed by atoms with Crippen LogP contribution in [0.25, 0.3) is 33.6 Å². The van der Waals surface area contributed by atoms with E-state index in [0.717, 1.165) is 51.2 Å². The van der Waals surface area contributed by atoms with Crippen LogP contribution < -0.4 is 0 Å². The largest absolute Gasteiger partial charge is 0.305 e. The molecule has 1 aliphatic rings. The second kappa shape index (κ2) is 17.1. The van der Waals surface area contributed by atoms with Crippen LogP contribution in [0, 0.1) is 24.9 Å². The minimum absolute atomic E-state index is 0. The van der Waals surface area contributed by atoms with Crippen LogP contribution in [0.1, 0.15) is 72.7 Å². The molecule has 1 unspecified atom stereocenters. The topological polar surface area (TPSA) is 25.8 Å². The van der Waals surface area contributed by atoms with Gasteiger partial charge in [-0.2, -0.15) is 0 Å². The van der Waals surface area contributed by atoms with E-state index in [1.807, 2.05) is 104 Å². The van der Waals surface area contributed by atoms with Gasteiger partial charge in [0.25, 0.3) is 0 Å². The van der Waals surface area contributed by atoms with Gasteiger partial charge in [-0.25, -0.2) is 0 Å². The molecule has 0 bridgehead atoms. The molecule has 3 heteroatoms. The maximum absolute atomic E-state index is 9.00. The summed E-state index contributed by atoms with van der Waals surface area (Å²) in [7, 11) is 0. The number of pyridine rings is 2. The fourth-order valence-electron chi connectivity index (χ4n) is 6.14. The molecule has 0 aliphatic heterocycles. The van der Waals surface area contributed by atoms with Gasteiger partial charge in [0.2, 0.25) is 0 Å². The number of rotatable bonds is 7. The number of aromatic nitrogens is 2. The van der Waals surface area contributed by atoms with Crippen LogP contribution in [0.3, 0.4) is 0 Å². The van der Waals surface area contributed by atoms with Gasteiger partial charge < -0.3 is 9.97 Å². The van der Waals surface area contributed by atoms with Crippen molar-refractivity contribution < 1.29 is 25.6 Å². The minimum Gasteiger partial charge on any atom is -0.305 e. The van der Waals surface area contributed by atoms with Crippen molar-refractivity contribution in [3.05, 3.63) is 168 Å². The Morgan fingerprint density at radius 1 is 0.723 bits per heavy atom. The monoisotopic (exact) mass is 795 g/mol. The SMILES string of the molecule is [2H]C(C)(c1ccc(-c2ccccc2)cc1)c1ccnc(-c2[c-]cccc2)c1.[2H]C([2H])([2H])c1cnc(-c2[c-]cccc2)cc1CC1CCCCC1.[Ir]. The van der Waals surface area contributed by atoms with Crippen molar-refractivity contribution in [2.75, 3.05) is 0 Å². The molecule has 0 saturated heterocycles. The second-order valence-electron chi connectivity index (χ2n) is 12.0. The molecule has 0 spiro atoms. The van der Waals surface area contributed by atoms with Crippen molar-refractivity contribution in [1.29, 1.82) is 0 Å². The van der Waals surface area contributed by atoms with Crippen LogP contribution in [-0.2, 0) is 26.5 Å². The van der Waals surface area contributed by atoms with E-state index in [2.05, 4.69) is 46.4 Å². The molecular formula is C44H42IrN2-2. The molecular weight excluding hydrogens is 749 g/mol. The van der Waals surface area contributed by atoms with Crippen molar-refractivity contribution in [3.63, 3.8) is 0 Å². The van der Waals surface area contributed by atoms with E-state index in [1.54, 1.807) is 12.4 Å². The fraction of sp³-hybridized carbons (Fsp3) is 0.227. The molecule has 2 nitrogen and oxygen atoms in total. The maximum Gasteiger partial charge on any atom is 0.0399 e. The summed E-state index contributed by atoms with van der Waals surface area (Å²) < 4.78 is 32.4. The number of aryl methyl sites for hydroxylation is 1. The van der Waals surface area contributed by atoms with Crippen molar-refractivity contribution >= 4 is 0 Å². The van der Waals surface area contributed by atoms with Crippen LogP contribution >= 0.6 is 0 Å². The van der Waals surface area contributed by atoms with E-state index in [0.29, 0.717) is 11.5 Å². The van der Waals surface area contributed by atoms with E-state index in [4.69, 9.17) is 5.48 Å². The summed E-state index contributed by atoms with van der Waals surface area (Å²) >= 11 is 0. The molecule has 1 saturated carbocycles. The molecule has 0 amide bonds. The molecule has 2 heterocycles. The number of nitrogens with zero attached hydrogens (tertiary/aromatic N) is 2. The van der Waals surface area contributed by atoms with E-state index in [9.17, 15) is 0 Å². The fourth-order valence-corrected chi connectivity index (χ4v) is 6.14. The van der Waals surface area contributed by atoms with Crippen LogP contribution in [0.15, 0.2) is 134 Å². The van der Waals surface area contributed by atoms with Gasteiger partial charge in [0.15, 0.2) is 0 Å². The van der Waals surface area contributed by atoms with Crippen LogP contribution in [0.4, 0.5) is 0 Å². The summed E-state index contributed by atoms with van der Waals surface area (Å²) in [4.78, 5) is 8.83. The summed E-state index contributed by atoms with van der Waals surface area (Å²) in [6, 6.07) is 46.3. The Hall–Kier alpha value is -4.17. The summed E-state index contributed by atoms with van der Waals surface area (Å²) in [6.07, 6.45) is 10.4. The van der Waals surface area contributed by atoms with E-state index < -0.39 is 12.7 Å². The van der Waals surface area contributed by atoms with Crippen molar-refractivity contribution in [2.24, 2.45) is 5.92 Å². The van der Waals surface area contributed by atoms with Gasteiger partial charge in [-0.3, -0.25) is 0 Å². The first kappa shape index (κ1) is 29.0. The minimum atomic E-state index is -2.10. The summed E-state index contributed by atoms with van der Waals surface area (Å²) in [5, 5.41) is 0. The Labute approximate surface area is 300 Å². The zero-order chi connectivity index (χ0) is 35.0. The van der Waals surface area contributed by atoms with Crippen molar-refractivity contribution in [3.8, 4) is 33.6 Å². The molecule has 2 aromatic heterocycles. The van der Waals surface area contributed by atoms with Gasteiger partial charge in [-0.15, -0.1) is 71.8 Å². The van der Waals surface area contributed by atoms with Crippen LogP contribution in [0.2, 0.25) is 0 Å². The molecule has 1 atom stereocenters. The number of hydrogen-bond donors (Lipinski definition) is 0. The number of hydrogen-bond acceptors (Lipinski definition) is 2. The molecule has 1 fully saturated rings. The molecule has 1 radical (unpaired) electrons. The van der Waals surface area contributed by atoms with Gasteiger partial charge in [0.05, 0.1) is 0 Å². The quantitative estimate of drug-likeness (QED) is 0.150. The molecule has 6 aromatic rings. The standard InChI is InChI=1S/C25H20N.C19H22N.Ir/c1-19(20-12-14-22(15-13-20)21-8-4-2-5-9-21)24-16-17-26-25(18-24)23-10-6-3-7-11-23;1-15-14-20-19(17-10-6-3-7-11-17)13-18(15)12-16-8-4-2-5-9-16;/h2-10,12-19H,1H3;3,6-7,10,13-14,16H,2,4-5,8-9,12H2,1H3;/q2*-1;/i19D;1D3;. The average Bonchev–Trinajstić information content (AvgIpc) is 3.16. The average molecular weight is 795 g/mol. The molecule has 47 heavy (non-hydrogen) atoms. The molecule has 0 N–H and O–H groups in total.